The number of hydrogen-bond donors (Lipinski definition) is 1. The van der Waals surface area contributed by atoms with Gasteiger partial charge in [0.2, 0.25) is 5.91 Å². The highest BCUT2D eigenvalue weighted by atomic mass is 16.5. The smallest absolute Gasteiger partial charge is 0.259 e. The fourth-order valence-corrected chi connectivity index (χ4v) is 5.54. The standard InChI is InChI=1S/C29H29N3O3/c1-19-5-11-26(28(33)30-19)32-25-12-10-22(23-3-2-4-24(27(23)25)29(32)34)17-20-6-8-21(9-7-20)18-31-13-15-35-16-14-31/h2-4,6-10,12,26H,1,5,11,13-18H2,(H,30,33). The number of carbonyl (C=O) groups excluding carboxylic acids is 2. The number of piperidine rings is 1. The lowest BCUT2D eigenvalue weighted by atomic mass is 9.95. The second-order valence-corrected chi connectivity index (χ2v) is 9.68. The molecule has 1 unspecified atom stereocenters. The molecule has 2 amide bonds. The average Bonchev–Trinajstić information content (AvgIpc) is 3.15. The second kappa shape index (κ2) is 8.95. The molecule has 3 heterocycles. The molecule has 0 aliphatic carbocycles. The van der Waals surface area contributed by atoms with Crippen LogP contribution >= 0.6 is 0 Å². The molecule has 1 atom stereocenters. The van der Waals surface area contributed by atoms with Crippen molar-refractivity contribution in [1.29, 1.82) is 0 Å². The quantitative estimate of drug-likeness (QED) is 0.616. The van der Waals surface area contributed by atoms with Gasteiger partial charge < -0.3 is 10.1 Å². The Morgan fingerprint density at radius 2 is 1.74 bits per heavy atom. The molecule has 1 N–H and O–H groups in total. The van der Waals surface area contributed by atoms with Crippen LogP contribution < -0.4 is 10.2 Å². The summed E-state index contributed by atoms with van der Waals surface area (Å²) in [5.74, 6) is -0.250. The van der Waals surface area contributed by atoms with Crippen LogP contribution in [0.4, 0.5) is 5.69 Å². The van der Waals surface area contributed by atoms with Crippen molar-refractivity contribution in [3.63, 3.8) is 0 Å². The van der Waals surface area contributed by atoms with Crippen LogP contribution in [0.25, 0.3) is 10.8 Å². The zero-order valence-electron chi connectivity index (χ0n) is 19.8. The van der Waals surface area contributed by atoms with Crippen LogP contribution in [0.2, 0.25) is 0 Å². The van der Waals surface area contributed by atoms with Crippen LogP contribution in [0.5, 0.6) is 0 Å². The molecule has 0 spiro atoms. The van der Waals surface area contributed by atoms with Crippen molar-refractivity contribution >= 4 is 28.3 Å². The van der Waals surface area contributed by atoms with Crippen LogP contribution in [0, 0.1) is 0 Å². The molecule has 3 aliphatic rings. The summed E-state index contributed by atoms with van der Waals surface area (Å²) >= 11 is 0. The number of allylic oxidation sites excluding steroid dienone is 1. The van der Waals surface area contributed by atoms with E-state index in [4.69, 9.17) is 4.74 Å². The first kappa shape index (κ1) is 22.0. The van der Waals surface area contributed by atoms with Crippen molar-refractivity contribution < 1.29 is 14.3 Å². The number of hydrogen-bond acceptors (Lipinski definition) is 4. The third-order valence-corrected chi connectivity index (χ3v) is 7.38. The van der Waals surface area contributed by atoms with Gasteiger partial charge in [0.1, 0.15) is 6.04 Å². The number of nitrogens with one attached hydrogen (secondary N) is 1. The number of benzene rings is 3. The number of carbonyl (C=O) groups is 2. The van der Waals surface area contributed by atoms with Gasteiger partial charge in [-0.2, -0.15) is 0 Å². The van der Waals surface area contributed by atoms with Gasteiger partial charge in [-0.25, -0.2) is 0 Å². The molecule has 3 aromatic carbocycles. The van der Waals surface area contributed by atoms with Gasteiger partial charge in [-0.1, -0.05) is 49.0 Å². The zero-order valence-corrected chi connectivity index (χ0v) is 19.8. The SMILES string of the molecule is C=C1CCC(N2C(=O)c3cccc4c(Cc5ccc(CN6CCOCC6)cc5)ccc2c34)C(=O)N1. The average molecular weight is 468 g/mol. The Labute approximate surface area is 205 Å². The van der Waals surface area contributed by atoms with Crippen LogP contribution in [0.15, 0.2) is 66.9 Å². The molecule has 3 aliphatic heterocycles. The first-order valence-electron chi connectivity index (χ1n) is 12.3. The largest absolute Gasteiger partial charge is 0.379 e. The number of amides is 2. The molecular weight excluding hydrogens is 438 g/mol. The summed E-state index contributed by atoms with van der Waals surface area (Å²) in [5, 5.41) is 4.86. The van der Waals surface area contributed by atoms with Gasteiger partial charge in [0, 0.05) is 36.3 Å². The van der Waals surface area contributed by atoms with Crippen molar-refractivity contribution in [2.75, 3.05) is 31.2 Å². The summed E-state index contributed by atoms with van der Waals surface area (Å²) in [6.07, 6.45) is 2.06. The molecule has 0 radical (unpaired) electrons. The number of ether oxygens (including phenoxy) is 1. The summed E-state index contributed by atoms with van der Waals surface area (Å²) in [4.78, 5) is 30.2. The van der Waals surface area contributed by atoms with Crippen molar-refractivity contribution in [2.24, 2.45) is 0 Å². The van der Waals surface area contributed by atoms with Crippen LogP contribution in [-0.2, 0) is 22.5 Å². The molecule has 2 fully saturated rings. The minimum atomic E-state index is -0.506. The normalized spacial score (nSPS) is 20.5. The number of nitrogens with zero attached hydrogens (tertiary/aromatic N) is 2. The lowest BCUT2D eigenvalue weighted by Crippen LogP contribution is -2.51. The van der Waals surface area contributed by atoms with Gasteiger partial charge in [-0.05, 0) is 53.5 Å². The van der Waals surface area contributed by atoms with E-state index in [2.05, 4.69) is 53.2 Å². The molecule has 6 nitrogen and oxygen atoms in total. The monoisotopic (exact) mass is 467 g/mol. The van der Waals surface area contributed by atoms with Gasteiger partial charge in [0.05, 0.1) is 18.9 Å². The lowest BCUT2D eigenvalue weighted by molar-refractivity contribution is -0.122. The molecule has 0 saturated carbocycles. The minimum absolute atomic E-state index is 0.0946. The highest BCUT2D eigenvalue weighted by Gasteiger charge is 2.39. The summed E-state index contributed by atoms with van der Waals surface area (Å²) in [7, 11) is 0. The molecule has 178 valence electrons. The van der Waals surface area contributed by atoms with Crippen molar-refractivity contribution in [3.8, 4) is 0 Å². The van der Waals surface area contributed by atoms with E-state index in [0.717, 1.165) is 55.7 Å². The van der Waals surface area contributed by atoms with E-state index in [0.29, 0.717) is 24.1 Å². The maximum absolute atomic E-state index is 13.4. The molecule has 2 saturated heterocycles. The van der Waals surface area contributed by atoms with E-state index >= 15 is 0 Å². The van der Waals surface area contributed by atoms with Gasteiger partial charge >= 0.3 is 0 Å². The lowest BCUT2D eigenvalue weighted by Gasteiger charge is -2.31. The molecular formula is C29H29N3O3. The molecule has 0 aromatic heterocycles. The van der Waals surface area contributed by atoms with E-state index in [1.54, 1.807) is 4.90 Å². The molecule has 35 heavy (non-hydrogen) atoms. The first-order valence-corrected chi connectivity index (χ1v) is 12.3. The zero-order chi connectivity index (χ0) is 23.9. The van der Waals surface area contributed by atoms with E-state index in [-0.39, 0.29) is 11.8 Å². The van der Waals surface area contributed by atoms with E-state index in [9.17, 15) is 9.59 Å². The fraction of sp³-hybridized carbons (Fsp3) is 0.310. The summed E-state index contributed by atoms with van der Waals surface area (Å²) < 4.78 is 5.45. The predicted octanol–water partition coefficient (Wildman–Crippen LogP) is 4.02. The summed E-state index contributed by atoms with van der Waals surface area (Å²) in [6.45, 7) is 8.40. The Morgan fingerprint density at radius 3 is 2.51 bits per heavy atom. The predicted molar refractivity (Wildman–Crippen MR) is 136 cm³/mol. The Hall–Kier alpha value is -3.48. The van der Waals surface area contributed by atoms with Gasteiger partial charge in [-0.3, -0.25) is 19.4 Å². The van der Waals surface area contributed by atoms with Gasteiger partial charge in [0.25, 0.3) is 5.91 Å². The van der Waals surface area contributed by atoms with Gasteiger partial charge in [-0.15, -0.1) is 0 Å². The number of anilines is 1. The fourth-order valence-electron chi connectivity index (χ4n) is 5.54. The highest BCUT2D eigenvalue weighted by molar-refractivity contribution is 6.27. The Balaban J connectivity index is 1.27. The maximum Gasteiger partial charge on any atom is 0.259 e. The molecule has 0 bridgehead atoms. The topological polar surface area (TPSA) is 61.9 Å². The van der Waals surface area contributed by atoms with Gasteiger partial charge in [0.15, 0.2) is 0 Å². The molecule has 6 rings (SSSR count). The Morgan fingerprint density at radius 1 is 0.971 bits per heavy atom. The molecule has 6 heteroatoms. The van der Waals surface area contributed by atoms with Crippen molar-refractivity contribution in [3.05, 3.63) is 89.1 Å². The van der Waals surface area contributed by atoms with Crippen LogP contribution in [0.1, 0.15) is 39.9 Å². The van der Waals surface area contributed by atoms with Crippen LogP contribution in [-0.4, -0.2) is 49.1 Å². The van der Waals surface area contributed by atoms with Crippen molar-refractivity contribution in [1.82, 2.24) is 10.2 Å². The summed E-state index contributed by atoms with van der Waals surface area (Å²) in [6, 6.07) is 18.4. The minimum Gasteiger partial charge on any atom is -0.379 e. The Kier molecular flexibility index (Phi) is 5.63. The highest BCUT2D eigenvalue weighted by Crippen LogP contribution is 2.41. The van der Waals surface area contributed by atoms with Crippen molar-refractivity contribution in [2.45, 2.75) is 31.8 Å². The summed E-state index contributed by atoms with van der Waals surface area (Å²) in [5.41, 5.74) is 5.96. The van der Waals surface area contributed by atoms with E-state index in [1.165, 1.54) is 16.7 Å². The first-order chi connectivity index (χ1) is 17.1. The molecule has 3 aromatic rings. The third kappa shape index (κ3) is 4.03. The third-order valence-electron chi connectivity index (χ3n) is 7.38. The van der Waals surface area contributed by atoms with E-state index < -0.39 is 6.04 Å². The second-order valence-electron chi connectivity index (χ2n) is 9.68. The number of rotatable bonds is 5. The Bertz CT molecular complexity index is 1330. The maximum atomic E-state index is 13.4. The number of morpholine rings is 1. The van der Waals surface area contributed by atoms with Crippen LogP contribution in [0.3, 0.4) is 0 Å². The van der Waals surface area contributed by atoms with E-state index in [1.807, 2.05) is 18.2 Å².